The van der Waals surface area contributed by atoms with Gasteiger partial charge in [-0.2, -0.15) is 9.57 Å². The van der Waals surface area contributed by atoms with Crippen LogP contribution in [0.5, 0.6) is 0 Å². The third-order valence-corrected chi connectivity index (χ3v) is 4.89. The van der Waals surface area contributed by atoms with E-state index in [0.717, 1.165) is 4.31 Å². The average molecular weight is 281 g/mol. The monoisotopic (exact) mass is 281 g/mol. The highest BCUT2D eigenvalue weighted by Crippen LogP contribution is 2.25. The number of aliphatic carboxylic acids is 1. The van der Waals surface area contributed by atoms with Crippen molar-refractivity contribution >= 4 is 16.0 Å². The van der Waals surface area contributed by atoms with E-state index in [2.05, 4.69) is 4.98 Å². The van der Waals surface area contributed by atoms with Crippen molar-refractivity contribution in [2.45, 2.75) is 11.3 Å². The molecule has 0 radical (unpaired) electrons. The molecule has 0 aliphatic carbocycles. The molecular formula is C11H11N3O4S. The maximum atomic E-state index is 12.3. The number of sulfonamides is 1. The Morgan fingerprint density at radius 2 is 2.32 bits per heavy atom. The quantitative estimate of drug-likeness (QED) is 0.837. The van der Waals surface area contributed by atoms with Crippen LogP contribution in [-0.4, -0.2) is 41.9 Å². The molecule has 1 unspecified atom stereocenters. The molecule has 1 atom stereocenters. The summed E-state index contributed by atoms with van der Waals surface area (Å²) in [6.07, 6.45) is 1.61. The number of hydrogen-bond acceptors (Lipinski definition) is 5. The third kappa shape index (κ3) is 2.43. The van der Waals surface area contributed by atoms with Gasteiger partial charge in [-0.1, -0.05) is 0 Å². The minimum absolute atomic E-state index is 0.0720. The molecule has 1 N–H and O–H groups in total. The van der Waals surface area contributed by atoms with Crippen LogP contribution in [0.25, 0.3) is 0 Å². The number of nitrogens with zero attached hydrogens (tertiary/aromatic N) is 3. The minimum atomic E-state index is -3.86. The molecule has 1 saturated heterocycles. The van der Waals surface area contributed by atoms with Gasteiger partial charge in [0.1, 0.15) is 11.0 Å². The van der Waals surface area contributed by atoms with Crippen molar-refractivity contribution in [3.05, 3.63) is 24.0 Å². The van der Waals surface area contributed by atoms with Crippen molar-refractivity contribution in [3.8, 4) is 6.07 Å². The van der Waals surface area contributed by atoms with Crippen molar-refractivity contribution in [1.29, 1.82) is 5.26 Å². The maximum Gasteiger partial charge on any atom is 0.307 e. The second-order valence-electron chi connectivity index (χ2n) is 4.15. The Morgan fingerprint density at radius 1 is 1.58 bits per heavy atom. The maximum absolute atomic E-state index is 12.3. The average Bonchev–Trinajstić information content (AvgIpc) is 2.89. The van der Waals surface area contributed by atoms with Crippen molar-refractivity contribution in [1.82, 2.24) is 9.29 Å². The zero-order chi connectivity index (χ0) is 14.0. The lowest BCUT2D eigenvalue weighted by molar-refractivity contribution is -0.141. The first-order valence-electron chi connectivity index (χ1n) is 5.55. The Hall–Kier alpha value is -1.98. The third-order valence-electron chi connectivity index (χ3n) is 2.99. The van der Waals surface area contributed by atoms with E-state index in [9.17, 15) is 13.2 Å². The number of nitriles is 1. The molecule has 1 aromatic heterocycles. The Labute approximate surface area is 110 Å². The summed E-state index contributed by atoms with van der Waals surface area (Å²) in [5.41, 5.74) is -0.179. The van der Waals surface area contributed by atoms with Gasteiger partial charge in [-0.3, -0.25) is 4.79 Å². The van der Waals surface area contributed by atoms with Crippen molar-refractivity contribution in [2.24, 2.45) is 5.92 Å². The molecule has 8 heteroatoms. The highest BCUT2D eigenvalue weighted by Gasteiger charge is 2.36. The zero-order valence-corrected chi connectivity index (χ0v) is 10.7. The molecule has 19 heavy (non-hydrogen) atoms. The first-order chi connectivity index (χ1) is 8.96. The second-order valence-corrected chi connectivity index (χ2v) is 6.06. The van der Waals surface area contributed by atoms with Gasteiger partial charge in [0.2, 0.25) is 10.0 Å². The molecule has 0 amide bonds. The largest absolute Gasteiger partial charge is 0.481 e. The summed E-state index contributed by atoms with van der Waals surface area (Å²) >= 11 is 0. The number of rotatable bonds is 3. The lowest BCUT2D eigenvalue weighted by atomic mass is 10.1. The van der Waals surface area contributed by atoms with E-state index >= 15 is 0 Å². The fourth-order valence-corrected chi connectivity index (χ4v) is 3.56. The SMILES string of the molecule is N#Cc1ncccc1S(=O)(=O)N1CCC(C(=O)O)C1. The van der Waals surface area contributed by atoms with Gasteiger partial charge in [-0.15, -0.1) is 0 Å². The van der Waals surface area contributed by atoms with Crippen LogP contribution >= 0.6 is 0 Å². The van der Waals surface area contributed by atoms with Crippen LogP contribution in [0.15, 0.2) is 23.2 Å². The predicted molar refractivity (Wildman–Crippen MR) is 63.5 cm³/mol. The summed E-state index contributed by atoms with van der Waals surface area (Å²) in [5.74, 6) is -1.71. The number of carboxylic acids is 1. The Bertz CT molecular complexity index is 650. The number of carbonyl (C=O) groups is 1. The van der Waals surface area contributed by atoms with E-state index in [-0.39, 0.29) is 30.1 Å². The lowest BCUT2D eigenvalue weighted by Gasteiger charge is -2.16. The second kappa shape index (κ2) is 4.95. The number of hydrogen-bond donors (Lipinski definition) is 1. The fraction of sp³-hybridized carbons (Fsp3) is 0.364. The van der Waals surface area contributed by atoms with Gasteiger partial charge in [0.15, 0.2) is 5.69 Å². The van der Waals surface area contributed by atoms with Crippen molar-refractivity contribution < 1.29 is 18.3 Å². The van der Waals surface area contributed by atoms with Crippen LogP contribution in [0.1, 0.15) is 12.1 Å². The predicted octanol–water partition coefficient (Wildman–Crippen LogP) is 0.0485. The molecular weight excluding hydrogens is 270 g/mol. The molecule has 7 nitrogen and oxygen atoms in total. The molecule has 2 rings (SSSR count). The van der Waals surface area contributed by atoms with Gasteiger partial charge in [-0.05, 0) is 18.6 Å². The molecule has 2 heterocycles. The van der Waals surface area contributed by atoms with E-state index in [0.29, 0.717) is 0 Å². The molecule has 0 spiro atoms. The Balaban J connectivity index is 2.35. The summed E-state index contributed by atoms with van der Waals surface area (Å²) in [6.45, 7) is 0.0660. The van der Waals surface area contributed by atoms with Gasteiger partial charge in [0, 0.05) is 19.3 Å². The molecule has 0 bridgehead atoms. The summed E-state index contributed by atoms with van der Waals surface area (Å²) in [4.78, 5) is 14.4. The van der Waals surface area contributed by atoms with Gasteiger partial charge >= 0.3 is 5.97 Å². The van der Waals surface area contributed by atoms with Gasteiger partial charge in [-0.25, -0.2) is 13.4 Å². The highest BCUT2D eigenvalue weighted by molar-refractivity contribution is 7.89. The van der Waals surface area contributed by atoms with Crippen molar-refractivity contribution in [3.63, 3.8) is 0 Å². The lowest BCUT2D eigenvalue weighted by Crippen LogP contribution is -2.30. The van der Waals surface area contributed by atoms with E-state index in [4.69, 9.17) is 10.4 Å². The number of pyridine rings is 1. The molecule has 0 aromatic carbocycles. The first-order valence-corrected chi connectivity index (χ1v) is 6.99. The van der Waals surface area contributed by atoms with E-state index in [1.807, 2.05) is 0 Å². The molecule has 0 saturated carbocycles. The first kappa shape index (κ1) is 13.5. The van der Waals surface area contributed by atoms with E-state index in [1.54, 1.807) is 6.07 Å². The van der Waals surface area contributed by atoms with Gasteiger partial charge in [0.05, 0.1) is 5.92 Å². The van der Waals surface area contributed by atoms with Gasteiger partial charge in [0.25, 0.3) is 0 Å². The van der Waals surface area contributed by atoms with Crippen LogP contribution in [0, 0.1) is 17.2 Å². The van der Waals surface area contributed by atoms with Gasteiger partial charge < -0.3 is 5.11 Å². The van der Waals surface area contributed by atoms with E-state index in [1.165, 1.54) is 18.3 Å². The van der Waals surface area contributed by atoms with Crippen molar-refractivity contribution in [2.75, 3.05) is 13.1 Å². The summed E-state index contributed by atoms with van der Waals surface area (Å²) in [7, 11) is -3.86. The summed E-state index contributed by atoms with van der Waals surface area (Å²) in [6, 6.07) is 4.46. The summed E-state index contributed by atoms with van der Waals surface area (Å²) in [5, 5.41) is 17.8. The summed E-state index contributed by atoms with van der Waals surface area (Å²) < 4.78 is 25.7. The standard InChI is InChI=1S/C11H11N3O4S/c12-6-9-10(2-1-4-13-9)19(17,18)14-5-3-8(7-14)11(15)16/h1-2,4,8H,3,5,7H2,(H,15,16). The smallest absolute Gasteiger partial charge is 0.307 e. The molecule has 1 fully saturated rings. The molecule has 1 aromatic rings. The number of carboxylic acid groups (broad SMARTS) is 1. The van der Waals surface area contributed by atoms with Crippen LogP contribution < -0.4 is 0 Å². The minimum Gasteiger partial charge on any atom is -0.481 e. The van der Waals surface area contributed by atoms with Crippen LogP contribution in [0.2, 0.25) is 0 Å². The zero-order valence-electron chi connectivity index (χ0n) is 9.85. The molecule has 1 aliphatic rings. The Kier molecular flexibility index (Phi) is 3.50. The topological polar surface area (TPSA) is 111 Å². The highest BCUT2D eigenvalue weighted by atomic mass is 32.2. The normalized spacial score (nSPS) is 20.1. The molecule has 1 aliphatic heterocycles. The number of aromatic nitrogens is 1. The fourth-order valence-electron chi connectivity index (χ4n) is 1.97. The van der Waals surface area contributed by atoms with Crippen LogP contribution in [-0.2, 0) is 14.8 Å². The van der Waals surface area contributed by atoms with Crippen LogP contribution in [0.3, 0.4) is 0 Å². The molecule has 100 valence electrons. The Morgan fingerprint density at radius 3 is 2.89 bits per heavy atom. The van der Waals surface area contributed by atoms with Crippen LogP contribution in [0.4, 0.5) is 0 Å². The van der Waals surface area contributed by atoms with E-state index < -0.39 is 21.9 Å².